The first kappa shape index (κ1) is 19.7. The first-order valence-electron chi connectivity index (χ1n) is 8.31. The second kappa shape index (κ2) is 6.59. The number of aromatic nitrogens is 1. The van der Waals surface area contributed by atoms with E-state index < -0.39 is 0 Å². The van der Waals surface area contributed by atoms with Gasteiger partial charge in [0.2, 0.25) is 0 Å². The molecule has 6 nitrogen and oxygen atoms in total. The quantitative estimate of drug-likeness (QED) is 0.732. The van der Waals surface area contributed by atoms with E-state index >= 15 is 0 Å². The molecule has 8 heteroatoms. The van der Waals surface area contributed by atoms with Gasteiger partial charge in [0.15, 0.2) is 5.84 Å². The van der Waals surface area contributed by atoms with Crippen LogP contribution in [-0.2, 0) is 5.54 Å². The molecule has 4 heterocycles. The summed E-state index contributed by atoms with van der Waals surface area (Å²) in [6, 6.07) is 4.28. The molecule has 0 aromatic carbocycles. The van der Waals surface area contributed by atoms with E-state index in [4.69, 9.17) is 5.10 Å². The van der Waals surface area contributed by atoms with Gasteiger partial charge in [0.25, 0.3) is 0 Å². The molecular formula is C17H26Cl2N6. The van der Waals surface area contributed by atoms with Crippen molar-refractivity contribution in [1.82, 2.24) is 25.7 Å². The maximum atomic E-state index is 4.82. The number of halogens is 2. The summed E-state index contributed by atoms with van der Waals surface area (Å²) in [6.45, 7) is 8.76. The number of hydrazine groups is 1. The molecule has 138 valence electrons. The summed E-state index contributed by atoms with van der Waals surface area (Å²) in [4.78, 5) is 2.25. The highest BCUT2D eigenvalue weighted by molar-refractivity contribution is 6.19. The van der Waals surface area contributed by atoms with Crippen molar-refractivity contribution in [3.8, 4) is 0 Å². The zero-order valence-corrected chi connectivity index (χ0v) is 16.6. The van der Waals surface area contributed by atoms with Gasteiger partial charge in [-0.1, -0.05) is 13.8 Å². The van der Waals surface area contributed by atoms with Gasteiger partial charge in [-0.25, -0.2) is 5.43 Å². The standard InChI is InChI=1S/C17H24N6.2ClH/c1-5-16(3)13-8-7-11-22(13)12-9-10-14-18-21-17(4,6-2)23(14)15(12)19-20-16;;/h7-11,18,20-21H,5-6H2,1-4H3;2*1H. The number of rotatable bonds is 2. The lowest BCUT2D eigenvalue weighted by Gasteiger charge is -2.36. The molecular weight excluding hydrogens is 359 g/mol. The van der Waals surface area contributed by atoms with Crippen LogP contribution in [0.25, 0.3) is 5.70 Å². The van der Waals surface area contributed by atoms with Gasteiger partial charge < -0.3 is 9.99 Å². The van der Waals surface area contributed by atoms with Crippen molar-refractivity contribution in [1.29, 1.82) is 0 Å². The number of allylic oxidation sites excluding steroid dienone is 2. The minimum atomic E-state index is -0.202. The van der Waals surface area contributed by atoms with Crippen molar-refractivity contribution in [2.75, 3.05) is 0 Å². The number of hydrazone groups is 1. The second-order valence-corrected chi connectivity index (χ2v) is 6.81. The first-order valence-corrected chi connectivity index (χ1v) is 8.31. The zero-order valence-electron chi connectivity index (χ0n) is 15.0. The summed E-state index contributed by atoms with van der Waals surface area (Å²) in [5.41, 5.74) is 12.0. The van der Waals surface area contributed by atoms with Gasteiger partial charge in [0.05, 0.1) is 11.2 Å². The Labute approximate surface area is 161 Å². The van der Waals surface area contributed by atoms with E-state index in [1.54, 1.807) is 0 Å². The normalized spacial score (nSPS) is 29.1. The smallest absolute Gasteiger partial charge is 0.179 e. The molecule has 3 aliphatic heterocycles. The van der Waals surface area contributed by atoms with Crippen LogP contribution in [-0.4, -0.2) is 21.0 Å². The summed E-state index contributed by atoms with van der Waals surface area (Å²) in [6.07, 6.45) is 8.28. The van der Waals surface area contributed by atoms with Crippen molar-refractivity contribution in [2.45, 2.75) is 51.7 Å². The van der Waals surface area contributed by atoms with E-state index in [2.05, 4.69) is 83.9 Å². The van der Waals surface area contributed by atoms with Gasteiger partial charge in [-0.2, -0.15) is 5.10 Å². The number of nitrogens with zero attached hydrogens (tertiary/aromatic N) is 3. The van der Waals surface area contributed by atoms with Gasteiger partial charge in [-0.05, 0) is 51.0 Å². The lowest BCUT2D eigenvalue weighted by molar-refractivity contribution is 0.231. The van der Waals surface area contributed by atoms with Crippen LogP contribution in [0, 0.1) is 0 Å². The summed E-state index contributed by atoms with van der Waals surface area (Å²) < 4.78 is 2.25. The molecule has 2 unspecified atom stereocenters. The zero-order chi connectivity index (χ0) is 16.2. The Morgan fingerprint density at radius 3 is 2.56 bits per heavy atom. The fourth-order valence-corrected chi connectivity index (χ4v) is 3.46. The van der Waals surface area contributed by atoms with Crippen molar-refractivity contribution >= 4 is 36.3 Å². The summed E-state index contributed by atoms with van der Waals surface area (Å²) >= 11 is 0. The Morgan fingerprint density at radius 2 is 1.88 bits per heavy atom. The topological polar surface area (TPSA) is 56.6 Å². The molecule has 0 aliphatic carbocycles. The van der Waals surface area contributed by atoms with E-state index in [1.165, 1.54) is 5.69 Å². The van der Waals surface area contributed by atoms with Gasteiger partial charge in [-0.15, -0.1) is 24.8 Å². The molecule has 2 atom stereocenters. The second-order valence-electron chi connectivity index (χ2n) is 6.81. The predicted octanol–water partition coefficient (Wildman–Crippen LogP) is 3.11. The van der Waals surface area contributed by atoms with E-state index in [-0.39, 0.29) is 36.0 Å². The lowest BCUT2D eigenvalue weighted by atomic mass is 9.95. The van der Waals surface area contributed by atoms with Crippen LogP contribution in [0.1, 0.15) is 46.2 Å². The fourth-order valence-electron chi connectivity index (χ4n) is 3.46. The Hall–Kier alpha value is -1.63. The van der Waals surface area contributed by atoms with E-state index in [0.29, 0.717) is 0 Å². The van der Waals surface area contributed by atoms with Crippen LogP contribution in [0.15, 0.2) is 41.4 Å². The molecule has 0 radical (unpaired) electrons. The summed E-state index contributed by atoms with van der Waals surface area (Å²) in [7, 11) is 0. The highest BCUT2D eigenvalue weighted by Gasteiger charge is 2.45. The molecule has 25 heavy (non-hydrogen) atoms. The molecule has 0 bridgehead atoms. The SMILES string of the molecule is CCC1(C)NN=C2C(=CC=C3NNC(C)(CC)N32)n2cccc21.Cl.Cl. The molecule has 0 saturated carbocycles. The Bertz CT molecular complexity index is 752. The Balaban J connectivity index is 0.00000113. The minimum absolute atomic E-state index is 0. The van der Waals surface area contributed by atoms with Crippen LogP contribution in [0.4, 0.5) is 0 Å². The van der Waals surface area contributed by atoms with Crippen LogP contribution in [0.2, 0.25) is 0 Å². The maximum absolute atomic E-state index is 4.82. The van der Waals surface area contributed by atoms with Crippen LogP contribution in [0.3, 0.4) is 0 Å². The highest BCUT2D eigenvalue weighted by atomic mass is 35.5. The molecule has 4 rings (SSSR count). The van der Waals surface area contributed by atoms with Gasteiger partial charge >= 0.3 is 0 Å². The van der Waals surface area contributed by atoms with Crippen LogP contribution in [0.5, 0.6) is 0 Å². The number of amidine groups is 1. The van der Waals surface area contributed by atoms with E-state index in [1.807, 2.05) is 0 Å². The number of fused-ring (bicyclic) bond motifs is 5. The van der Waals surface area contributed by atoms with Gasteiger partial charge in [0.1, 0.15) is 11.5 Å². The Morgan fingerprint density at radius 1 is 1.12 bits per heavy atom. The average Bonchev–Trinajstić information content (AvgIpc) is 3.16. The number of nitrogens with one attached hydrogen (secondary N) is 3. The Kier molecular flexibility index (Phi) is 5.19. The van der Waals surface area contributed by atoms with E-state index in [9.17, 15) is 0 Å². The molecule has 1 aromatic rings. The average molecular weight is 385 g/mol. The predicted molar refractivity (Wildman–Crippen MR) is 106 cm³/mol. The molecule has 0 spiro atoms. The summed E-state index contributed by atoms with van der Waals surface area (Å²) in [5.74, 6) is 1.98. The maximum Gasteiger partial charge on any atom is 0.179 e. The molecule has 1 fully saturated rings. The van der Waals surface area contributed by atoms with Crippen molar-refractivity contribution in [3.05, 3.63) is 42.0 Å². The number of hydrogen-bond donors (Lipinski definition) is 3. The third-order valence-electron chi connectivity index (χ3n) is 5.41. The third kappa shape index (κ3) is 2.63. The lowest BCUT2D eigenvalue weighted by Crippen LogP contribution is -2.52. The van der Waals surface area contributed by atoms with E-state index in [0.717, 1.165) is 30.2 Å². The van der Waals surface area contributed by atoms with Gasteiger partial charge in [0, 0.05) is 11.9 Å². The summed E-state index contributed by atoms with van der Waals surface area (Å²) in [5, 5.41) is 4.82. The molecule has 0 amide bonds. The van der Waals surface area contributed by atoms with Crippen LogP contribution < -0.4 is 16.3 Å². The van der Waals surface area contributed by atoms with Crippen molar-refractivity contribution in [3.63, 3.8) is 0 Å². The first-order chi connectivity index (χ1) is 11.0. The van der Waals surface area contributed by atoms with Crippen LogP contribution >= 0.6 is 24.8 Å². The minimum Gasteiger partial charge on any atom is -0.315 e. The largest absolute Gasteiger partial charge is 0.315 e. The number of hydrogen-bond acceptors (Lipinski definition) is 5. The molecule has 1 aromatic heterocycles. The van der Waals surface area contributed by atoms with Crippen molar-refractivity contribution < 1.29 is 0 Å². The highest BCUT2D eigenvalue weighted by Crippen LogP contribution is 2.36. The van der Waals surface area contributed by atoms with Gasteiger partial charge in [-0.3, -0.25) is 10.3 Å². The third-order valence-corrected chi connectivity index (χ3v) is 5.41. The monoisotopic (exact) mass is 384 g/mol. The van der Waals surface area contributed by atoms with Crippen molar-refractivity contribution in [2.24, 2.45) is 5.10 Å². The molecule has 1 saturated heterocycles. The fraction of sp³-hybridized carbons (Fsp3) is 0.471. The molecule has 3 aliphatic rings. The molecule has 3 N–H and O–H groups in total.